The number of nitrogens with one attached hydrogen (secondary N) is 1. The number of hydrogen-bond donors (Lipinski definition) is 2. The van der Waals surface area contributed by atoms with Gasteiger partial charge in [0.15, 0.2) is 0 Å². The lowest BCUT2D eigenvalue weighted by molar-refractivity contribution is -0.138. The van der Waals surface area contributed by atoms with Crippen molar-refractivity contribution in [1.29, 1.82) is 0 Å². The van der Waals surface area contributed by atoms with Crippen LogP contribution in [0.3, 0.4) is 0 Å². The molecule has 0 heterocycles. The third-order valence-electron chi connectivity index (χ3n) is 3.43. The quantitative estimate of drug-likeness (QED) is 0.861. The summed E-state index contributed by atoms with van der Waals surface area (Å²) in [5, 5.41) is 11.5. The van der Waals surface area contributed by atoms with Gasteiger partial charge in [0.1, 0.15) is 6.04 Å². The van der Waals surface area contributed by atoms with Crippen molar-refractivity contribution in [3.8, 4) is 0 Å². The highest BCUT2D eigenvalue weighted by Gasteiger charge is 2.19. The Morgan fingerprint density at radius 2 is 1.39 bits per heavy atom. The minimum atomic E-state index is -1.06. The minimum Gasteiger partial charge on any atom is -0.480 e. The maximum absolute atomic E-state index is 12.4. The number of nitrogens with zero attached hydrogens (tertiary/aromatic N) is 1. The van der Waals surface area contributed by atoms with Gasteiger partial charge in [-0.3, -0.25) is 4.79 Å². The van der Waals surface area contributed by atoms with Gasteiger partial charge in [0.05, 0.1) is 0 Å². The molecule has 0 fully saturated rings. The van der Waals surface area contributed by atoms with Crippen LogP contribution in [0.25, 0.3) is 0 Å². The van der Waals surface area contributed by atoms with E-state index in [1.54, 1.807) is 4.90 Å². The summed E-state index contributed by atoms with van der Waals surface area (Å²) in [5.74, 6) is -1.06. The summed E-state index contributed by atoms with van der Waals surface area (Å²) in [6.45, 7) is 2.27. The predicted octanol–water partition coefficient (Wildman–Crippen LogP) is 2.87. The first-order chi connectivity index (χ1) is 11.1. The number of aliphatic carboxylic acids is 1. The number of urea groups is 1. The van der Waals surface area contributed by atoms with E-state index in [0.717, 1.165) is 11.1 Å². The van der Waals surface area contributed by atoms with Crippen molar-refractivity contribution in [3.63, 3.8) is 0 Å². The summed E-state index contributed by atoms with van der Waals surface area (Å²) in [7, 11) is 0. The second kappa shape index (κ2) is 7.98. The van der Waals surface area contributed by atoms with E-state index in [4.69, 9.17) is 5.11 Å². The Labute approximate surface area is 135 Å². The van der Waals surface area contributed by atoms with E-state index in [2.05, 4.69) is 5.32 Å². The Balaban J connectivity index is 2.13. The van der Waals surface area contributed by atoms with Crippen molar-refractivity contribution in [3.05, 3.63) is 71.8 Å². The molecule has 0 aromatic heterocycles. The molecule has 5 nitrogen and oxygen atoms in total. The third kappa shape index (κ3) is 5.14. The average Bonchev–Trinajstić information content (AvgIpc) is 2.56. The molecule has 120 valence electrons. The zero-order valence-electron chi connectivity index (χ0n) is 13.0. The van der Waals surface area contributed by atoms with Gasteiger partial charge in [-0.1, -0.05) is 60.7 Å². The molecule has 0 spiro atoms. The molecule has 0 saturated carbocycles. The van der Waals surface area contributed by atoms with E-state index >= 15 is 0 Å². The first-order valence-electron chi connectivity index (χ1n) is 7.42. The summed E-state index contributed by atoms with van der Waals surface area (Å²) < 4.78 is 0. The van der Waals surface area contributed by atoms with Crippen LogP contribution in [0.15, 0.2) is 60.7 Å². The van der Waals surface area contributed by atoms with E-state index in [-0.39, 0.29) is 0 Å². The van der Waals surface area contributed by atoms with Crippen molar-refractivity contribution in [2.24, 2.45) is 0 Å². The predicted molar refractivity (Wildman–Crippen MR) is 87.8 cm³/mol. The van der Waals surface area contributed by atoms with Crippen molar-refractivity contribution < 1.29 is 14.7 Å². The fourth-order valence-corrected chi connectivity index (χ4v) is 2.15. The van der Waals surface area contributed by atoms with E-state index in [1.165, 1.54) is 6.92 Å². The molecule has 2 aromatic rings. The van der Waals surface area contributed by atoms with Gasteiger partial charge in [-0.15, -0.1) is 0 Å². The molecule has 0 aliphatic rings. The Morgan fingerprint density at radius 3 is 1.78 bits per heavy atom. The number of hydrogen-bond acceptors (Lipinski definition) is 2. The van der Waals surface area contributed by atoms with Crippen LogP contribution in [-0.4, -0.2) is 28.0 Å². The molecule has 23 heavy (non-hydrogen) atoms. The van der Waals surface area contributed by atoms with Gasteiger partial charge in [-0.2, -0.15) is 0 Å². The van der Waals surface area contributed by atoms with Crippen LogP contribution in [0.1, 0.15) is 18.1 Å². The number of carboxylic acids is 1. The molecule has 2 aromatic carbocycles. The number of benzene rings is 2. The van der Waals surface area contributed by atoms with Gasteiger partial charge >= 0.3 is 12.0 Å². The maximum Gasteiger partial charge on any atom is 0.325 e. The highest BCUT2D eigenvalue weighted by Crippen LogP contribution is 2.10. The number of carbonyl (C=O) groups excluding carboxylic acids is 1. The fourth-order valence-electron chi connectivity index (χ4n) is 2.15. The summed E-state index contributed by atoms with van der Waals surface area (Å²) in [6.07, 6.45) is 0. The summed E-state index contributed by atoms with van der Waals surface area (Å²) in [4.78, 5) is 25.0. The monoisotopic (exact) mass is 312 g/mol. The Hall–Kier alpha value is -2.82. The first-order valence-corrected chi connectivity index (χ1v) is 7.42. The van der Waals surface area contributed by atoms with Crippen molar-refractivity contribution in [2.75, 3.05) is 0 Å². The first kappa shape index (κ1) is 16.5. The van der Waals surface area contributed by atoms with E-state index < -0.39 is 18.0 Å². The Kier molecular flexibility index (Phi) is 5.74. The highest BCUT2D eigenvalue weighted by molar-refractivity contribution is 5.82. The molecule has 0 bridgehead atoms. The lowest BCUT2D eigenvalue weighted by Crippen LogP contribution is -2.46. The molecule has 5 heteroatoms. The number of carbonyl (C=O) groups is 2. The minimum absolute atomic E-state index is 0.396. The van der Waals surface area contributed by atoms with Gasteiger partial charge in [-0.25, -0.2) is 4.79 Å². The molecule has 1 atom stereocenters. The van der Waals surface area contributed by atoms with E-state index in [1.807, 2.05) is 60.7 Å². The van der Waals surface area contributed by atoms with Crippen molar-refractivity contribution in [1.82, 2.24) is 10.2 Å². The lowest BCUT2D eigenvalue weighted by atomic mass is 10.2. The smallest absolute Gasteiger partial charge is 0.325 e. The zero-order chi connectivity index (χ0) is 16.7. The van der Waals surface area contributed by atoms with E-state index in [0.29, 0.717) is 13.1 Å². The Bertz CT molecular complexity index is 602. The van der Waals surface area contributed by atoms with Gasteiger partial charge in [0, 0.05) is 13.1 Å². The Morgan fingerprint density at radius 1 is 0.957 bits per heavy atom. The van der Waals surface area contributed by atoms with Crippen molar-refractivity contribution >= 4 is 12.0 Å². The summed E-state index contributed by atoms with van der Waals surface area (Å²) in [6, 6.07) is 17.9. The van der Waals surface area contributed by atoms with Gasteiger partial charge < -0.3 is 15.3 Å². The summed E-state index contributed by atoms with van der Waals surface area (Å²) in [5.41, 5.74) is 1.98. The molecule has 0 saturated heterocycles. The molecule has 2 rings (SSSR count). The fraction of sp³-hybridized carbons (Fsp3) is 0.222. The third-order valence-corrected chi connectivity index (χ3v) is 3.43. The molecule has 0 unspecified atom stereocenters. The van der Waals surface area contributed by atoms with Crippen LogP contribution in [0.2, 0.25) is 0 Å². The molecule has 0 aliphatic carbocycles. The largest absolute Gasteiger partial charge is 0.480 e. The number of rotatable bonds is 6. The van der Waals surface area contributed by atoms with Crippen LogP contribution >= 0.6 is 0 Å². The number of carboxylic acid groups (broad SMARTS) is 1. The lowest BCUT2D eigenvalue weighted by Gasteiger charge is -2.24. The molecule has 0 aliphatic heterocycles. The van der Waals surface area contributed by atoms with Crippen LogP contribution < -0.4 is 5.32 Å². The number of amides is 2. The molecule has 2 amide bonds. The van der Waals surface area contributed by atoms with Gasteiger partial charge in [0.2, 0.25) is 0 Å². The normalized spacial score (nSPS) is 11.5. The second-order valence-corrected chi connectivity index (χ2v) is 5.34. The van der Waals surface area contributed by atoms with Gasteiger partial charge in [0.25, 0.3) is 0 Å². The molecular weight excluding hydrogens is 292 g/mol. The standard InChI is InChI=1S/C18H20N2O3/c1-14(17(21)22)19-18(23)20(12-15-8-4-2-5-9-15)13-16-10-6-3-7-11-16/h2-11,14H,12-13H2,1H3,(H,19,23)(H,21,22)/t14-/m0/s1. The zero-order valence-corrected chi connectivity index (χ0v) is 13.0. The van der Waals surface area contributed by atoms with Crippen LogP contribution in [0.4, 0.5) is 4.79 Å². The molecule has 2 N–H and O–H groups in total. The highest BCUT2D eigenvalue weighted by atomic mass is 16.4. The SMILES string of the molecule is C[C@H](NC(=O)N(Cc1ccccc1)Cc1ccccc1)C(=O)O. The topological polar surface area (TPSA) is 69.6 Å². The van der Waals surface area contributed by atoms with Crippen LogP contribution in [0, 0.1) is 0 Å². The van der Waals surface area contributed by atoms with Crippen LogP contribution in [0.5, 0.6) is 0 Å². The molecule has 0 radical (unpaired) electrons. The second-order valence-electron chi connectivity index (χ2n) is 5.34. The summed E-state index contributed by atoms with van der Waals surface area (Å²) >= 11 is 0. The van der Waals surface area contributed by atoms with Crippen molar-refractivity contribution in [2.45, 2.75) is 26.1 Å². The van der Waals surface area contributed by atoms with Gasteiger partial charge in [-0.05, 0) is 18.1 Å². The van der Waals surface area contributed by atoms with Crippen LogP contribution in [-0.2, 0) is 17.9 Å². The van der Waals surface area contributed by atoms with E-state index in [9.17, 15) is 9.59 Å². The molecular formula is C18H20N2O3. The maximum atomic E-state index is 12.4. The average molecular weight is 312 g/mol.